The molecule has 0 radical (unpaired) electrons. The maximum Gasteiger partial charge on any atom is 0.416 e. The predicted octanol–water partition coefficient (Wildman–Crippen LogP) is 4.59. The Kier molecular flexibility index (Phi) is 6.09. The summed E-state index contributed by atoms with van der Waals surface area (Å²) in [5, 5.41) is 12.3. The molecule has 31 heavy (non-hydrogen) atoms. The molecule has 0 fully saturated rings. The molecular formula is C18H12Cl2F3N5O2S. The molecule has 0 aliphatic carbocycles. The predicted molar refractivity (Wildman–Crippen MR) is 110 cm³/mol. The van der Waals surface area contributed by atoms with Crippen LogP contribution in [0.4, 0.5) is 24.7 Å². The number of aromatic nitrogens is 2. The molecule has 0 saturated carbocycles. The van der Waals surface area contributed by atoms with Crippen molar-refractivity contribution in [1.82, 2.24) is 9.78 Å². The fraction of sp³-hybridized carbons (Fsp3) is 0.111. The van der Waals surface area contributed by atoms with Gasteiger partial charge in [-0.25, -0.2) is 13.1 Å². The molecule has 0 saturated heterocycles. The first kappa shape index (κ1) is 22.7. The number of benzene rings is 2. The molecular weight excluding hydrogens is 478 g/mol. The molecule has 0 atom stereocenters. The van der Waals surface area contributed by atoms with Crippen molar-refractivity contribution >= 4 is 44.7 Å². The van der Waals surface area contributed by atoms with Gasteiger partial charge in [-0.1, -0.05) is 53.5 Å². The summed E-state index contributed by atoms with van der Waals surface area (Å²) in [6.45, 7) is 0. The highest BCUT2D eigenvalue weighted by molar-refractivity contribution is 7.91. The lowest BCUT2D eigenvalue weighted by molar-refractivity contribution is -0.137. The number of rotatable bonds is 5. The van der Waals surface area contributed by atoms with Gasteiger partial charge in [-0.2, -0.15) is 23.5 Å². The van der Waals surface area contributed by atoms with Crippen molar-refractivity contribution in [3.8, 4) is 11.8 Å². The van der Waals surface area contributed by atoms with Crippen LogP contribution in [-0.4, -0.2) is 18.2 Å². The van der Waals surface area contributed by atoms with Crippen molar-refractivity contribution < 1.29 is 21.6 Å². The molecule has 13 heteroatoms. The van der Waals surface area contributed by atoms with Gasteiger partial charge in [-0.05, 0) is 17.7 Å². The molecule has 162 valence electrons. The van der Waals surface area contributed by atoms with Gasteiger partial charge in [0.1, 0.15) is 17.4 Å². The molecule has 3 N–H and O–H groups in total. The molecule has 0 aliphatic rings. The first-order valence-corrected chi connectivity index (χ1v) is 10.7. The number of nitrogens with two attached hydrogens (primary N) is 1. The second-order valence-corrected chi connectivity index (χ2v) is 8.80. The highest BCUT2D eigenvalue weighted by Crippen LogP contribution is 2.39. The fourth-order valence-electron chi connectivity index (χ4n) is 2.70. The van der Waals surface area contributed by atoms with Crippen molar-refractivity contribution in [2.45, 2.75) is 11.9 Å². The summed E-state index contributed by atoms with van der Waals surface area (Å²) >= 11 is 11.9. The van der Waals surface area contributed by atoms with Crippen molar-refractivity contribution in [2.24, 2.45) is 0 Å². The molecule has 0 amide bonds. The highest BCUT2D eigenvalue weighted by Gasteiger charge is 2.33. The van der Waals surface area contributed by atoms with Gasteiger partial charge in [0.25, 0.3) is 0 Å². The molecule has 0 bridgehead atoms. The molecule has 0 spiro atoms. The summed E-state index contributed by atoms with van der Waals surface area (Å²) in [7, 11) is -4.01. The normalized spacial score (nSPS) is 11.9. The minimum atomic E-state index is -4.70. The molecule has 2 aromatic carbocycles. The number of nitrogens with one attached hydrogen (secondary N) is 1. The first-order valence-electron chi connectivity index (χ1n) is 8.32. The van der Waals surface area contributed by atoms with Crippen LogP contribution < -0.4 is 10.5 Å². The number of halogens is 5. The minimum absolute atomic E-state index is 0.237. The lowest BCUT2D eigenvalue weighted by Gasteiger charge is -2.13. The Bertz CT molecular complexity index is 1260. The lowest BCUT2D eigenvalue weighted by atomic mass is 10.2. The van der Waals surface area contributed by atoms with Crippen molar-refractivity contribution in [1.29, 1.82) is 5.26 Å². The Morgan fingerprint density at radius 2 is 1.74 bits per heavy atom. The molecule has 0 aliphatic heterocycles. The Morgan fingerprint density at radius 3 is 2.26 bits per heavy atom. The summed E-state index contributed by atoms with van der Waals surface area (Å²) < 4.78 is 67.0. The largest absolute Gasteiger partial charge is 0.416 e. The number of hydrogen-bond donors (Lipinski definition) is 2. The second-order valence-electron chi connectivity index (χ2n) is 6.27. The maximum absolute atomic E-state index is 13.0. The topological polar surface area (TPSA) is 114 Å². The molecule has 3 aromatic rings. The smallest absolute Gasteiger partial charge is 0.382 e. The third-order valence-electron chi connectivity index (χ3n) is 4.04. The summed E-state index contributed by atoms with van der Waals surface area (Å²) in [6, 6.07) is 11.2. The third kappa shape index (κ3) is 4.87. The van der Waals surface area contributed by atoms with Gasteiger partial charge >= 0.3 is 6.18 Å². The Morgan fingerprint density at radius 1 is 1.16 bits per heavy atom. The number of hydrogen-bond acceptors (Lipinski definition) is 5. The van der Waals surface area contributed by atoms with E-state index in [1.807, 2.05) is 0 Å². The van der Waals surface area contributed by atoms with Gasteiger partial charge in [0.05, 0.1) is 21.4 Å². The Balaban J connectivity index is 2.04. The van der Waals surface area contributed by atoms with E-state index in [0.29, 0.717) is 17.7 Å². The minimum Gasteiger partial charge on any atom is -0.382 e. The SMILES string of the molecule is N#Cc1nn(-c2c(Cl)cc(C(F)(F)F)cc2Cl)c(N)c1NS(=O)(=O)Cc1ccccc1. The Labute approximate surface area is 184 Å². The van der Waals surface area contributed by atoms with Gasteiger partial charge in [0.15, 0.2) is 11.5 Å². The van der Waals surface area contributed by atoms with Crippen LogP contribution in [0, 0.1) is 11.3 Å². The lowest BCUT2D eigenvalue weighted by Crippen LogP contribution is -2.16. The molecule has 3 rings (SSSR count). The zero-order valence-corrected chi connectivity index (χ0v) is 17.6. The van der Waals surface area contributed by atoms with Crippen LogP contribution in [-0.2, 0) is 22.0 Å². The number of nitrogens with zero attached hydrogens (tertiary/aromatic N) is 3. The van der Waals surface area contributed by atoms with Gasteiger partial charge in [-0.15, -0.1) is 0 Å². The van der Waals surface area contributed by atoms with Gasteiger partial charge in [-0.3, -0.25) is 4.72 Å². The van der Waals surface area contributed by atoms with E-state index in [2.05, 4.69) is 9.82 Å². The number of alkyl halides is 3. The summed E-state index contributed by atoms with van der Waals surface area (Å²) in [5.41, 5.74) is 4.35. The van der Waals surface area contributed by atoms with E-state index in [4.69, 9.17) is 28.9 Å². The van der Waals surface area contributed by atoms with E-state index in [0.717, 1.165) is 4.68 Å². The number of sulfonamides is 1. The maximum atomic E-state index is 13.0. The van der Waals surface area contributed by atoms with E-state index in [9.17, 15) is 26.9 Å². The quantitative estimate of drug-likeness (QED) is 0.543. The molecule has 1 heterocycles. The second kappa shape index (κ2) is 8.30. The zero-order valence-electron chi connectivity index (χ0n) is 15.3. The highest BCUT2D eigenvalue weighted by atomic mass is 35.5. The van der Waals surface area contributed by atoms with Crippen LogP contribution in [0.1, 0.15) is 16.8 Å². The standard InChI is InChI=1S/C18H12Cl2F3N5O2S/c19-12-6-11(18(21,22)23)7-13(20)16(12)28-17(25)15(14(8-24)26-28)27-31(29,30)9-10-4-2-1-3-5-10/h1-7,27H,9,25H2. The Hall–Kier alpha value is -2.94. The number of nitrogen functional groups attached to an aromatic ring is 1. The van der Waals surface area contributed by atoms with E-state index in [1.54, 1.807) is 36.4 Å². The average Bonchev–Trinajstić information content (AvgIpc) is 2.96. The molecule has 1 aromatic heterocycles. The monoisotopic (exact) mass is 489 g/mol. The van der Waals surface area contributed by atoms with Crippen LogP contribution in [0.3, 0.4) is 0 Å². The van der Waals surface area contributed by atoms with E-state index in [1.165, 1.54) is 0 Å². The van der Waals surface area contributed by atoms with Gasteiger partial charge in [0.2, 0.25) is 10.0 Å². The van der Waals surface area contributed by atoms with Gasteiger partial charge in [0, 0.05) is 0 Å². The van der Waals surface area contributed by atoms with Crippen LogP contribution in [0.2, 0.25) is 10.0 Å². The van der Waals surface area contributed by atoms with Crippen molar-refractivity contribution in [3.05, 3.63) is 69.3 Å². The van der Waals surface area contributed by atoms with Crippen LogP contribution in [0.5, 0.6) is 0 Å². The summed E-state index contributed by atoms with van der Waals surface area (Å²) in [6.07, 6.45) is -4.70. The van der Waals surface area contributed by atoms with Crippen molar-refractivity contribution in [2.75, 3.05) is 10.5 Å². The van der Waals surface area contributed by atoms with Crippen molar-refractivity contribution in [3.63, 3.8) is 0 Å². The van der Waals surface area contributed by atoms with Crippen LogP contribution >= 0.6 is 23.2 Å². The van der Waals surface area contributed by atoms with E-state index >= 15 is 0 Å². The fourth-order valence-corrected chi connectivity index (χ4v) is 4.56. The molecule has 0 unspecified atom stereocenters. The first-order chi connectivity index (χ1) is 14.4. The number of nitriles is 1. The third-order valence-corrected chi connectivity index (χ3v) is 5.84. The van der Waals surface area contributed by atoms with Crippen LogP contribution in [0.25, 0.3) is 5.69 Å². The van der Waals surface area contributed by atoms with Gasteiger partial charge < -0.3 is 5.73 Å². The van der Waals surface area contributed by atoms with E-state index < -0.39 is 43.3 Å². The molecule has 7 nitrogen and oxygen atoms in total. The average molecular weight is 490 g/mol. The van der Waals surface area contributed by atoms with Crippen LogP contribution in [0.15, 0.2) is 42.5 Å². The summed E-state index contributed by atoms with van der Waals surface area (Å²) in [5.74, 6) is -0.790. The summed E-state index contributed by atoms with van der Waals surface area (Å²) in [4.78, 5) is 0. The van der Waals surface area contributed by atoms with E-state index in [-0.39, 0.29) is 17.2 Å². The number of anilines is 2. The zero-order chi connectivity index (χ0) is 23.0.